The zero-order valence-electron chi connectivity index (χ0n) is 10.9. The molecule has 0 aliphatic rings. The van der Waals surface area contributed by atoms with Gasteiger partial charge >= 0.3 is 5.97 Å². The van der Waals surface area contributed by atoms with Gasteiger partial charge < -0.3 is 4.74 Å². The average Bonchev–Trinajstić information content (AvgIpc) is 2.37. The first-order valence-corrected chi connectivity index (χ1v) is 6.14. The van der Waals surface area contributed by atoms with E-state index >= 15 is 0 Å². The number of nitrogens with zero attached hydrogens (tertiary/aromatic N) is 1. The van der Waals surface area contributed by atoms with Gasteiger partial charge in [-0.25, -0.2) is 0 Å². The molecule has 0 bridgehead atoms. The van der Waals surface area contributed by atoms with Gasteiger partial charge in [-0.05, 0) is 26.0 Å². The normalized spacial score (nSPS) is 10.7. The Balaban J connectivity index is 2.15. The Morgan fingerprint density at radius 1 is 1.26 bits per heavy atom. The van der Waals surface area contributed by atoms with Crippen molar-refractivity contribution in [1.29, 1.82) is 0 Å². The molecule has 2 aromatic rings. The van der Waals surface area contributed by atoms with Crippen molar-refractivity contribution in [2.75, 3.05) is 0 Å². The van der Waals surface area contributed by atoms with Gasteiger partial charge in [0.25, 0.3) is 0 Å². The van der Waals surface area contributed by atoms with E-state index in [2.05, 4.69) is 4.98 Å². The highest BCUT2D eigenvalue weighted by Crippen LogP contribution is 2.14. The first kappa shape index (κ1) is 13.2. The number of ketones is 1. The molecule has 0 saturated heterocycles. The maximum Gasteiger partial charge on any atom is 0.313 e. The molecule has 0 aliphatic carbocycles. The van der Waals surface area contributed by atoms with Crippen LogP contribution in [0.1, 0.15) is 30.6 Å². The summed E-state index contributed by atoms with van der Waals surface area (Å²) in [5, 5.41) is 0.880. The van der Waals surface area contributed by atoms with Crippen LogP contribution in [0, 0.1) is 0 Å². The van der Waals surface area contributed by atoms with Crippen LogP contribution in [-0.2, 0) is 9.53 Å². The Hall–Kier alpha value is -2.23. The molecule has 0 spiro atoms. The lowest BCUT2D eigenvalue weighted by Gasteiger charge is -2.07. The van der Waals surface area contributed by atoms with E-state index in [4.69, 9.17) is 4.74 Å². The number of aromatic nitrogens is 1. The Morgan fingerprint density at radius 3 is 2.74 bits per heavy atom. The molecule has 19 heavy (non-hydrogen) atoms. The number of carbonyl (C=O) groups excluding carboxylic acids is 2. The molecule has 0 atom stereocenters. The number of carbonyl (C=O) groups is 2. The van der Waals surface area contributed by atoms with Gasteiger partial charge in [-0.1, -0.05) is 18.2 Å². The number of pyridine rings is 1. The van der Waals surface area contributed by atoms with E-state index in [-0.39, 0.29) is 18.3 Å². The van der Waals surface area contributed by atoms with Gasteiger partial charge in [-0.2, -0.15) is 0 Å². The molecule has 1 aromatic carbocycles. The molecule has 0 aliphatic heterocycles. The standard InChI is InChI=1S/C15H15NO3/c1-10(2)19-15(18)8-14(17)12-7-11-5-3-4-6-13(11)16-9-12/h3-7,9-10H,8H2,1-2H3. The third-order valence-electron chi connectivity index (χ3n) is 2.58. The van der Waals surface area contributed by atoms with Crippen molar-refractivity contribution in [3.05, 3.63) is 42.1 Å². The highest BCUT2D eigenvalue weighted by atomic mass is 16.5. The fourth-order valence-electron chi connectivity index (χ4n) is 1.76. The first-order chi connectivity index (χ1) is 9.06. The van der Waals surface area contributed by atoms with Gasteiger partial charge in [0.2, 0.25) is 0 Å². The average molecular weight is 257 g/mol. The number of para-hydroxylation sites is 1. The molecule has 0 saturated carbocycles. The van der Waals surface area contributed by atoms with Crippen LogP contribution in [0.2, 0.25) is 0 Å². The monoisotopic (exact) mass is 257 g/mol. The number of ether oxygens (including phenoxy) is 1. The maximum atomic E-state index is 11.9. The fourth-order valence-corrected chi connectivity index (χ4v) is 1.76. The number of benzene rings is 1. The highest BCUT2D eigenvalue weighted by Gasteiger charge is 2.14. The number of Topliss-reactive ketones (excluding diaryl/α,β-unsaturated/α-hetero) is 1. The van der Waals surface area contributed by atoms with Crippen LogP contribution < -0.4 is 0 Å². The smallest absolute Gasteiger partial charge is 0.313 e. The summed E-state index contributed by atoms with van der Waals surface area (Å²) in [5.74, 6) is -0.780. The molecule has 0 N–H and O–H groups in total. The van der Waals surface area contributed by atoms with E-state index in [1.165, 1.54) is 6.20 Å². The first-order valence-electron chi connectivity index (χ1n) is 6.14. The lowest BCUT2D eigenvalue weighted by Crippen LogP contribution is -2.15. The molecule has 0 fully saturated rings. The van der Waals surface area contributed by atoms with Gasteiger partial charge in [0.05, 0.1) is 11.6 Å². The molecule has 4 heteroatoms. The molecule has 0 unspecified atom stereocenters. The summed E-state index contributed by atoms with van der Waals surface area (Å²) in [6, 6.07) is 9.26. The third kappa shape index (κ3) is 3.37. The molecular weight excluding hydrogens is 242 g/mol. The molecule has 2 rings (SSSR count). The number of hydrogen-bond acceptors (Lipinski definition) is 4. The SMILES string of the molecule is CC(C)OC(=O)CC(=O)c1cnc2ccccc2c1. The highest BCUT2D eigenvalue weighted by molar-refractivity contribution is 6.07. The Kier molecular flexibility index (Phi) is 3.90. The van der Waals surface area contributed by atoms with Gasteiger partial charge in [0.15, 0.2) is 5.78 Å². The Bertz CT molecular complexity index is 620. The molecule has 0 radical (unpaired) electrons. The van der Waals surface area contributed by atoms with Gasteiger partial charge in [0, 0.05) is 17.1 Å². The summed E-state index contributed by atoms with van der Waals surface area (Å²) in [5.41, 5.74) is 1.25. The van der Waals surface area contributed by atoms with Crippen molar-refractivity contribution in [1.82, 2.24) is 4.98 Å². The maximum absolute atomic E-state index is 11.9. The molecule has 4 nitrogen and oxygen atoms in total. The second-order valence-electron chi connectivity index (χ2n) is 4.56. The van der Waals surface area contributed by atoms with Crippen LogP contribution in [0.4, 0.5) is 0 Å². The van der Waals surface area contributed by atoms with E-state index in [0.29, 0.717) is 5.56 Å². The van der Waals surface area contributed by atoms with Crippen molar-refractivity contribution >= 4 is 22.7 Å². The van der Waals surface area contributed by atoms with E-state index in [1.807, 2.05) is 24.3 Å². The zero-order valence-corrected chi connectivity index (χ0v) is 10.9. The van der Waals surface area contributed by atoms with Gasteiger partial charge in [-0.15, -0.1) is 0 Å². The molecule has 0 amide bonds. The van der Waals surface area contributed by atoms with Gasteiger partial charge in [0.1, 0.15) is 6.42 Å². The summed E-state index contributed by atoms with van der Waals surface area (Å²) in [6.45, 7) is 3.50. The number of hydrogen-bond donors (Lipinski definition) is 0. The van der Waals surface area contributed by atoms with Crippen LogP contribution in [-0.4, -0.2) is 22.8 Å². The molecular formula is C15H15NO3. The minimum absolute atomic E-state index is 0.213. The van der Waals surface area contributed by atoms with Crippen molar-refractivity contribution in [2.24, 2.45) is 0 Å². The Morgan fingerprint density at radius 2 is 2.00 bits per heavy atom. The van der Waals surface area contributed by atoms with Crippen LogP contribution in [0.25, 0.3) is 10.9 Å². The second-order valence-corrected chi connectivity index (χ2v) is 4.56. The van der Waals surface area contributed by atoms with Crippen LogP contribution >= 0.6 is 0 Å². The molecule has 1 aromatic heterocycles. The lowest BCUT2D eigenvalue weighted by molar-refractivity contribution is -0.146. The van der Waals surface area contributed by atoms with Crippen molar-refractivity contribution in [3.63, 3.8) is 0 Å². The minimum Gasteiger partial charge on any atom is -0.463 e. The van der Waals surface area contributed by atoms with E-state index in [9.17, 15) is 9.59 Å². The van der Waals surface area contributed by atoms with Crippen LogP contribution in [0.15, 0.2) is 36.5 Å². The number of esters is 1. The Labute approximate surface area is 111 Å². The van der Waals surface area contributed by atoms with Crippen molar-refractivity contribution in [3.8, 4) is 0 Å². The summed E-state index contributed by atoms with van der Waals surface area (Å²) in [4.78, 5) is 27.6. The summed E-state index contributed by atoms with van der Waals surface area (Å²) < 4.78 is 4.95. The van der Waals surface area contributed by atoms with Crippen molar-refractivity contribution in [2.45, 2.75) is 26.4 Å². The van der Waals surface area contributed by atoms with E-state index in [0.717, 1.165) is 10.9 Å². The fraction of sp³-hybridized carbons (Fsp3) is 0.267. The third-order valence-corrected chi connectivity index (χ3v) is 2.58. The topological polar surface area (TPSA) is 56.3 Å². The van der Waals surface area contributed by atoms with E-state index in [1.54, 1.807) is 19.9 Å². The predicted octanol–water partition coefficient (Wildman–Crippen LogP) is 2.76. The van der Waals surface area contributed by atoms with Gasteiger partial charge in [-0.3, -0.25) is 14.6 Å². The summed E-state index contributed by atoms with van der Waals surface area (Å²) in [6.07, 6.45) is 1.03. The molecule has 98 valence electrons. The zero-order chi connectivity index (χ0) is 13.8. The molecule has 1 heterocycles. The van der Waals surface area contributed by atoms with Crippen molar-refractivity contribution < 1.29 is 14.3 Å². The quantitative estimate of drug-likeness (QED) is 0.480. The van der Waals surface area contributed by atoms with Crippen LogP contribution in [0.3, 0.4) is 0 Å². The second kappa shape index (κ2) is 5.61. The number of rotatable bonds is 4. The largest absolute Gasteiger partial charge is 0.463 e. The van der Waals surface area contributed by atoms with Crippen LogP contribution in [0.5, 0.6) is 0 Å². The lowest BCUT2D eigenvalue weighted by atomic mass is 10.1. The predicted molar refractivity (Wildman–Crippen MR) is 71.9 cm³/mol. The van der Waals surface area contributed by atoms with E-state index < -0.39 is 5.97 Å². The number of fused-ring (bicyclic) bond motifs is 1. The minimum atomic E-state index is -0.506. The summed E-state index contributed by atoms with van der Waals surface area (Å²) >= 11 is 0. The summed E-state index contributed by atoms with van der Waals surface area (Å²) in [7, 11) is 0.